The summed E-state index contributed by atoms with van der Waals surface area (Å²) >= 11 is 0. The second-order valence-electron chi connectivity index (χ2n) is 14.5. The fourth-order valence-electron chi connectivity index (χ4n) is 8.20. The van der Waals surface area contributed by atoms with Gasteiger partial charge in [-0.1, -0.05) is 32.3 Å². The monoisotopic (exact) mass is 732 g/mol. The number of ether oxygens (including phenoxy) is 1. The maximum absolute atomic E-state index is 13.6. The van der Waals surface area contributed by atoms with Crippen LogP contribution in [-0.2, 0) is 0 Å². The number of hydrogen-bond donors (Lipinski definition) is 3. The Morgan fingerprint density at radius 3 is 2.65 bits per heavy atom. The smallest absolute Gasteiger partial charge is 0.272 e. The van der Waals surface area contributed by atoms with Crippen molar-refractivity contribution in [2.45, 2.75) is 58.4 Å². The average Bonchev–Trinajstić information content (AvgIpc) is 3.59. The number of H-pyrrole nitrogens is 1. The van der Waals surface area contributed by atoms with Crippen LogP contribution in [0.25, 0.3) is 16.5 Å². The molecule has 5 aromatic rings. The molecule has 3 aromatic heterocycles. The number of fused-ring (bicyclic) bond motifs is 4. The Hall–Kier alpha value is -5.57. The molecule has 5 heterocycles. The number of anilines is 4. The normalized spacial score (nSPS) is 17.6. The van der Waals surface area contributed by atoms with Crippen molar-refractivity contribution in [3.05, 3.63) is 76.4 Å². The molecule has 282 valence electrons. The van der Waals surface area contributed by atoms with E-state index >= 15 is 0 Å². The third-order valence-corrected chi connectivity index (χ3v) is 11.1. The standard InChI is InChI=1S/C39H48N12O3/c1-4-32-36-46-45-25(2)51(36)33-23-41-39(44-35(33)50(32)24-26-8-6-5-7-9-26)43-31-13-11-27(20-34(31)54-3)38(53)49-18-16-48(17-19-49)15-14-40-29-12-10-28-22-42-47-37(52)30(28)21-29/h10-13,20-23,26,32,40H,4-9,14-19,24H2,1-3H3,(H,47,52)(H,41,43,44)/t32-/m1/s1. The summed E-state index contributed by atoms with van der Waals surface area (Å²) < 4.78 is 7.88. The summed E-state index contributed by atoms with van der Waals surface area (Å²) in [6, 6.07) is 11.3. The van der Waals surface area contributed by atoms with Crippen LogP contribution in [0.4, 0.5) is 23.1 Å². The number of aromatic nitrogens is 7. The molecule has 8 rings (SSSR count). The molecule has 1 saturated carbocycles. The van der Waals surface area contributed by atoms with Crippen molar-refractivity contribution >= 4 is 39.8 Å². The van der Waals surface area contributed by atoms with E-state index in [1.54, 1.807) is 19.4 Å². The molecule has 3 aliphatic rings. The van der Waals surface area contributed by atoms with Gasteiger partial charge in [-0.25, -0.2) is 10.1 Å². The number of aromatic amines is 1. The van der Waals surface area contributed by atoms with Gasteiger partial charge in [0.15, 0.2) is 11.6 Å². The van der Waals surface area contributed by atoms with E-state index in [4.69, 9.17) is 14.7 Å². The largest absolute Gasteiger partial charge is 0.495 e. The molecule has 0 spiro atoms. The predicted octanol–water partition coefficient (Wildman–Crippen LogP) is 5.08. The minimum absolute atomic E-state index is 0.0254. The first-order chi connectivity index (χ1) is 26.4. The lowest BCUT2D eigenvalue weighted by atomic mass is 9.88. The fourth-order valence-corrected chi connectivity index (χ4v) is 8.20. The van der Waals surface area contributed by atoms with Gasteiger partial charge in [0.25, 0.3) is 11.5 Å². The molecular formula is C39H48N12O3. The third-order valence-electron chi connectivity index (χ3n) is 11.1. The van der Waals surface area contributed by atoms with E-state index in [2.05, 4.69) is 52.3 Å². The van der Waals surface area contributed by atoms with Gasteiger partial charge in [0, 0.05) is 62.5 Å². The van der Waals surface area contributed by atoms with E-state index in [-0.39, 0.29) is 17.5 Å². The van der Waals surface area contributed by atoms with Gasteiger partial charge in [0.2, 0.25) is 5.95 Å². The van der Waals surface area contributed by atoms with Gasteiger partial charge < -0.3 is 25.2 Å². The van der Waals surface area contributed by atoms with Crippen LogP contribution in [-0.4, -0.2) is 104 Å². The van der Waals surface area contributed by atoms with Crippen LogP contribution in [0.15, 0.2) is 53.6 Å². The van der Waals surface area contributed by atoms with E-state index in [0.717, 1.165) is 73.4 Å². The number of methoxy groups -OCH3 is 1. The SMILES string of the molecule is CC[C@@H]1c2nnc(C)n2-c2cnc(Nc3ccc(C(=O)N4CCN(CCNc5ccc6cn[nH]c(=O)c6c5)CC4)cc3OC)nc2N1CC1CCCCC1. The Balaban J connectivity index is 0.917. The molecular weight excluding hydrogens is 685 g/mol. The number of amides is 1. The first-order valence-electron chi connectivity index (χ1n) is 19.1. The summed E-state index contributed by atoms with van der Waals surface area (Å²) in [7, 11) is 1.61. The average molecular weight is 733 g/mol. The molecule has 2 aliphatic heterocycles. The zero-order chi connectivity index (χ0) is 37.2. The van der Waals surface area contributed by atoms with Crippen molar-refractivity contribution in [1.82, 2.24) is 44.7 Å². The molecule has 2 aromatic carbocycles. The van der Waals surface area contributed by atoms with Crippen molar-refractivity contribution in [2.75, 3.05) is 68.5 Å². The maximum Gasteiger partial charge on any atom is 0.272 e. The molecule has 2 fully saturated rings. The Morgan fingerprint density at radius 1 is 1.02 bits per heavy atom. The first-order valence-corrected chi connectivity index (χ1v) is 19.1. The summed E-state index contributed by atoms with van der Waals surface area (Å²) in [5.74, 6) is 4.23. The van der Waals surface area contributed by atoms with Crippen LogP contribution in [0.5, 0.6) is 5.75 Å². The van der Waals surface area contributed by atoms with Crippen molar-refractivity contribution in [2.24, 2.45) is 5.92 Å². The maximum atomic E-state index is 13.6. The quantitative estimate of drug-likeness (QED) is 0.166. The van der Waals surface area contributed by atoms with Crippen molar-refractivity contribution in [3.8, 4) is 11.4 Å². The van der Waals surface area contributed by atoms with Gasteiger partial charge in [0.1, 0.15) is 17.3 Å². The summed E-state index contributed by atoms with van der Waals surface area (Å²) in [5, 5.41) is 23.6. The lowest BCUT2D eigenvalue weighted by molar-refractivity contribution is 0.0641. The van der Waals surface area contributed by atoms with Gasteiger partial charge in [-0.2, -0.15) is 10.1 Å². The second kappa shape index (κ2) is 15.4. The number of piperazine rings is 1. The Bertz CT molecular complexity index is 2190. The van der Waals surface area contributed by atoms with Crippen LogP contribution in [0.3, 0.4) is 0 Å². The lowest BCUT2D eigenvalue weighted by Gasteiger charge is -2.39. The molecule has 3 N–H and O–H groups in total. The topological polar surface area (TPSA) is 162 Å². The zero-order valence-electron chi connectivity index (χ0n) is 31.2. The van der Waals surface area contributed by atoms with Gasteiger partial charge in [0.05, 0.1) is 36.6 Å². The van der Waals surface area contributed by atoms with Crippen molar-refractivity contribution < 1.29 is 9.53 Å². The molecule has 1 atom stereocenters. The Morgan fingerprint density at radius 2 is 1.85 bits per heavy atom. The Kier molecular flexibility index (Phi) is 10.1. The van der Waals surface area contributed by atoms with E-state index in [9.17, 15) is 9.59 Å². The number of carbonyl (C=O) groups excluding carboxylic acids is 1. The fraction of sp³-hybridized carbons (Fsp3) is 0.462. The second-order valence-corrected chi connectivity index (χ2v) is 14.5. The number of rotatable bonds is 11. The number of carbonyl (C=O) groups is 1. The number of hydrogen-bond acceptors (Lipinski definition) is 12. The van der Waals surface area contributed by atoms with Crippen molar-refractivity contribution in [1.29, 1.82) is 0 Å². The molecule has 15 nitrogen and oxygen atoms in total. The molecule has 1 saturated heterocycles. The van der Waals surface area contributed by atoms with Crippen LogP contribution in [0.1, 0.15) is 73.5 Å². The molecule has 0 radical (unpaired) electrons. The van der Waals surface area contributed by atoms with E-state index < -0.39 is 0 Å². The number of nitrogens with one attached hydrogen (secondary N) is 3. The molecule has 54 heavy (non-hydrogen) atoms. The molecule has 1 aliphatic carbocycles. The van der Waals surface area contributed by atoms with Gasteiger partial charge in [-0.15, -0.1) is 10.2 Å². The predicted molar refractivity (Wildman–Crippen MR) is 208 cm³/mol. The van der Waals surface area contributed by atoms with E-state index in [1.165, 1.54) is 32.1 Å². The summed E-state index contributed by atoms with van der Waals surface area (Å²) in [4.78, 5) is 42.3. The van der Waals surface area contributed by atoms with E-state index in [0.29, 0.717) is 47.3 Å². The van der Waals surface area contributed by atoms with Crippen LogP contribution < -0.4 is 25.8 Å². The minimum atomic E-state index is -0.201. The van der Waals surface area contributed by atoms with E-state index in [1.807, 2.05) is 48.4 Å². The summed E-state index contributed by atoms with van der Waals surface area (Å²) in [5.41, 5.74) is 2.83. The van der Waals surface area contributed by atoms with Crippen LogP contribution in [0.2, 0.25) is 0 Å². The van der Waals surface area contributed by atoms with Crippen molar-refractivity contribution in [3.63, 3.8) is 0 Å². The van der Waals surface area contributed by atoms with Crippen LogP contribution >= 0.6 is 0 Å². The highest BCUT2D eigenvalue weighted by Crippen LogP contribution is 2.41. The minimum Gasteiger partial charge on any atom is -0.495 e. The number of aryl methyl sites for hydroxylation is 1. The molecule has 0 bridgehead atoms. The molecule has 1 amide bonds. The zero-order valence-corrected chi connectivity index (χ0v) is 31.2. The molecule has 15 heteroatoms. The molecule has 0 unspecified atom stereocenters. The highest BCUT2D eigenvalue weighted by Gasteiger charge is 2.36. The lowest BCUT2D eigenvalue weighted by Crippen LogP contribution is -2.49. The van der Waals surface area contributed by atoms with Gasteiger partial charge in [-0.05, 0) is 62.4 Å². The van der Waals surface area contributed by atoms with Crippen LogP contribution in [0, 0.1) is 12.8 Å². The van der Waals surface area contributed by atoms with Gasteiger partial charge >= 0.3 is 0 Å². The highest BCUT2D eigenvalue weighted by molar-refractivity contribution is 5.95. The highest BCUT2D eigenvalue weighted by atomic mass is 16.5. The summed E-state index contributed by atoms with van der Waals surface area (Å²) in [6.45, 7) is 9.45. The Labute approximate surface area is 314 Å². The third kappa shape index (κ3) is 7.07. The first kappa shape index (κ1) is 35.5. The summed E-state index contributed by atoms with van der Waals surface area (Å²) in [6.07, 6.45) is 10.7. The number of nitrogens with zero attached hydrogens (tertiary/aromatic N) is 9. The number of benzene rings is 2. The van der Waals surface area contributed by atoms with Gasteiger partial charge in [-0.3, -0.25) is 19.1 Å².